The molecule has 3 aromatic rings. The van der Waals surface area contributed by atoms with Crippen LogP contribution in [0, 0.1) is 6.92 Å². The predicted molar refractivity (Wildman–Crippen MR) is 160 cm³/mol. The van der Waals surface area contributed by atoms with Gasteiger partial charge in [0.05, 0.1) is 10.6 Å². The first-order valence-corrected chi connectivity index (χ1v) is 15.1. The van der Waals surface area contributed by atoms with Gasteiger partial charge < -0.3 is 10.2 Å². The van der Waals surface area contributed by atoms with Crippen molar-refractivity contribution in [2.45, 2.75) is 77.4 Å². The van der Waals surface area contributed by atoms with Crippen LogP contribution in [0.2, 0.25) is 0 Å². The standard InChI is InChI=1S/C32H41N3O4S/c1-7-25-17-14-15-21-29(25)35(40(38,39)27-19-10-9-11-20-27)23-30(36)34(22-26-18-13-12-16-24(26)3)28(8-2)31(37)33-32(4,5)6/h9-21,28H,7-8,22-23H2,1-6H3,(H,33,37). The quantitative estimate of drug-likeness (QED) is 0.335. The van der Waals surface area contributed by atoms with Crippen LogP contribution in [0.3, 0.4) is 0 Å². The van der Waals surface area contributed by atoms with E-state index in [1.165, 1.54) is 21.3 Å². The average Bonchev–Trinajstić information content (AvgIpc) is 2.92. The molecule has 0 saturated carbocycles. The van der Waals surface area contributed by atoms with Crippen LogP contribution >= 0.6 is 0 Å². The Bertz CT molecular complexity index is 1420. The minimum atomic E-state index is -4.09. The van der Waals surface area contributed by atoms with E-state index < -0.39 is 34.1 Å². The first kappa shape index (κ1) is 30.9. The lowest BCUT2D eigenvalue weighted by Gasteiger charge is -2.35. The van der Waals surface area contributed by atoms with Gasteiger partial charge in [0.2, 0.25) is 11.8 Å². The second kappa shape index (κ2) is 13.1. The molecule has 0 fully saturated rings. The lowest BCUT2D eigenvalue weighted by atomic mass is 10.0. The Kier molecular flexibility index (Phi) is 10.1. The molecule has 7 nitrogen and oxygen atoms in total. The van der Waals surface area contributed by atoms with Crippen LogP contribution in [0.15, 0.2) is 83.8 Å². The van der Waals surface area contributed by atoms with Gasteiger partial charge in [0, 0.05) is 12.1 Å². The zero-order valence-corrected chi connectivity index (χ0v) is 25.2. The molecule has 0 aromatic heterocycles. The van der Waals surface area contributed by atoms with Crippen molar-refractivity contribution in [1.29, 1.82) is 0 Å². The molecule has 2 amide bonds. The number of para-hydroxylation sites is 1. The molecule has 3 rings (SSSR count). The van der Waals surface area contributed by atoms with E-state index in [4.69, 9.17) is 0 Å². The highest BCUT2D eigenvalue weighted by atomic mass is 32.2. The Morgan fingerprint density at radius 1 is 0.850 bits per heavy atom. The number of benzene rings is 3. The van der Waals surface area contributed by atoms with E-state index in [0.717, 1.165) is 16.7 Å². The van der Waals surface area contributed by atoms with E-state index in [0.29, 0.717) is 18.5 Å². The number of nitrogens with zero attached hydrogens (tertiary/aromatic N) is 2. The molecular weight excluding hydrogens is 522 g/mol. The smallest absolute Gasteiger partial charge is 0.264 e. The second-order valence-electron chi connectivity index (χ2n) is 10.9. The number of carbonyl (C=O) groups is 2. The Hall–Kier alpha value is -3.65. The van der Waals surface area contributed by atoms with Gasteiger partial charge in [-0.1, -0.05) is 74.5 Å². The van der Waals surface area contributed by atoms with E-state index >= 15 is 0 Å². The van der Waals surface area contributed by atoms with Crippen LogP contribution in [0.4, 0.5) is 5.69 Å². The molecule has 8 heteroatoms. The normalized spacial score (nSPS) is 12.4. The molecule has 214 valence electrons. The summed E-state index contributed by atoms with van der Waals surface area (Å²) in [5, 5.41) is 3.00. The van der Waals surface area contributed by atoms with Gasteiger partial charge in [0.25, 0.3) is 10.0 Å². The molecule has 0 saturated heterocycles. The van der Waals surface area contributed by atoms with Gasteiger partial charge >= 0.3 is 0 Å². The molecule has 1 N–H and O–H groups in total. The van der Waals surface area contributed by atoms with Crippen molar-refractivity contribution in [2.24, 2.45) is 0 Å². The average molecular weight is 564 g/mol. The van der Waals surface area contributed by atoms with Crippen LogP contribution in [-0.4, -0.2) is 43.3 Å². The summed E-state index contributed by atoms with van der Waals surface area (Å²) in [7, 11) is -4.09. The van der Waals surface area contributed by atoms with Gasteiger partial charge in [-0.2, -0.15) is 0 Å². The van der Waals surface area contributed by atoms with Gasteiger partial charge in [-0.15, -0.1) is 0 Å². The molecule has 0 aliphatic heterocycles. The Morgan fingerprint density at radius 2 is 1.43 bits per heavy atom. The maximum absolute atomic E-state index is 14.2. The molecule has 1 atom stereocenters. The van der Waals surface area contributed by atoms with Crippen molar-refractivity contribution in [3.05, 3.63) is 95.6 Å². The van der Waals surface area contributed by atoms with Crippen molar-refractivity contribution < 1.29 is 18.0 Å². The number of carbonyl (C=O) groups excluding carboxylic acids is 2. The van der Waals surface area contributed by atoms with Gasteiger partial charge in [0.1, 0.15) is 12.6 Å². The first-order chi connectivity index (χ1) is 18.9. The van der Waals surface area contributed by atoms with Crippen molar-refractivity contribution in [2.75, 3.05) is 10.8 Å². The van der Waals surface area contributed by atoms with Crippen LogP contribution in [0.25, 0.3) is 0 Å². The molecule has 0 heterocycles. The second-order valence-corrected chi connectivity index (χ2v) is 12.8. The van der Waals surface area contributed by atoms with Crippen molar-refractivity contribution in [3.8, 4) is 0 Å². The summed E-state index contributed by atoms with van der Waals surface area (Å²) in [5.41, 5.74) is 2.63. The number of hydrogen-bond acceptors (Lipinski definition) is 4. The molecule has 40 heavy (non-hydrogen) atoms. The van der Waals surface area contributed by atoms with Crippen molar-refractivity contribution >= 4 is 27.5 Å². The van der Waals surface area contributed by atoms with Gasteiger partial charge in [-0.25, -0.2) is 8.42 Å². The summed E-state index contributed by atoms with van der Waals surface area (Å²) in [6.07, 6.45) is 0.959. The highest BCUT2D eigenvalue weighted by Gasteiger charge is 2.35. The highest BCUT2D eigenvalue weighted by molar-refractivity contribution is 7.92. The Balaban J connectivity index is 2.11. The number of nitrogens with one attached hydrogen (secondary N) is 1. The van der Waals surface area contributed by atoms with Crippen LogP contribution in [0.1, 0.15) is 57.7 Å². The summed E-state index contributed by atoms with van der Waals surface area (Å²) >= 11 is 0. The Labute approximate surface area is 239 Å². The maximum Gasteiger partial charge on any atom is 0.264 e. The minimum absolute atomic E-state index is 0.0941. The summed E-state index contributed by atoms with van der Waals surface area (Å²) in [5.74, 6) is -0.729. The number of hydrogen-bond donors (Lipinski definition) is 1. The molecule has 0 aliphatic rings. The third-order valence-electron chi connectivity index (χ3n) is 6.74. The lowest BCUT2D eigenvalue weighted by Crippen LogP contribution is -2.55. The van der Waals surface area contributed by atoms with E-state index in [-0.39, 0.29) is 17.3 Å². The number of sulfonamides is 1. The third-order valence-corrected chi connectivity index (χ3v) is 8.51. The van der Waals surface area contributed by atoms with Crippen LogP contribution < -0.4 is 9.62 Å². The number of rotatable bonds is 11. The monoisotopic (exact) mass is 563 g/mol. The van der Waals surface area contributed by atoms with Crippen LogP contribution in [0.5, 0.6) is 0 Å². The van der Waals surface area contributed by atoms with E-state index in [2.05, 4.69) is 5.32 Å². The SMILES string of the molecule is CCc1ccccc1N(CC(=O)N(Cc1ccccc1C)C(CC)C(=O)NC(C)(C)C)S(=O)(=O)c1ccccc1. The molecule has 3 aromatic carbocycles. The molecule has 1 unspecified atom stereocenters. The highest BCUT2D eigenvalue weighted by Crippen LogP contribution is 2.28. The van der Waals surface area contributed by atoms with Crippen molar-refractivity contribution in [3.63, 3.8) is 0 Å². The fourth-order valence-electron chi connectivity index (χ4n) is 4.63. The summed E-state index contributed by atoms with van der Waals surface area (Å²) < 4.78 is 29.2. The zero-order chi connectivity index (χ0) is 29.5. The maximum atomic E-state index is 14.2. The fourth-order valence-corrected chi connectivity index (χ4v) is 6.10. The number of anilines is 1. The van der Waals surface area contributed by atoms with Crippen LogP contribution in [-0.2, 0) is 32.6 Å². The summed E-state index contributed by atoms with van der Waals surface area (Å²) in [6, 6.07) is 22.2. The molecule has 0 aliphatic carbocycles. The van der Waals surface area contributed by atoms with Gasteiger partial charge in [-0.05, 0) is 75.4 Å². The molecule has 0 bridgehead atoms. The first-order valence-electron chi connectivity index (χ1n) is 13.7. The van der Waals surface area contributed by atoms with Gasteiger partial charge in [0.15, 0.2) is 0 Å². The van der Waals surface area contributed by atoms with E-state index in [1.807, 2.05) is 77.9 Å². The number of aryl methyl sites for hydroxylation is 2. The van der Waals surface area contributed by atoms with Gasteiger partial charge in [-0.3, -0.25) is 13.9 Å². The predicted octanol–water partition coefficient (Wildman–Crippen LogP) is 5.47. The fraction of sp³-hybridized carbons (Fsp3) is 0.375. The van der Waals surface area contributed by atoms with E-state index in [1.54, 1.807) is 30.3 Å². The lowest BCUT2D eigenvalue weighted by molar-refractivity contribution is -0.141. The molecule has 0 spiro atoms. The summed E-state index contributed by atoms with van der Waals surface area (Å²) in [6.45, 7) is 11.2. The Morgan fingerprint density at radius 3 is 2.00 bits per heavy atom. The number of amides is 2. The minimum Gasteiger partial charge on any atom is -0.350 e. The van der Waals surface area contributed by atoms with Crippen molar-refractivity contribution in [1.82, 2.24) is 10.2 Å². The molecular formula is C32H41N3O4S. The third kappa shape index (κ3) is 7.50. The van der Waals surface area contributed by atoms with E-state index in [9.17, 15) is 18.0 Å². The molecule has 0 radical (unpaired) electrons. The summed E-state index contributed by atoms with van der Waals surface area (Å²) in [4.78, 5) is 29.3. The zero-order valence-electron chi connectivity index (χ0n) is 24.3. The largest absolute Gasteiger partial charge is 0.350 e. The topological polar surface area (TPSA) is 86.8 Å².